The van der Waals surface area contributed by atoms with Crippen molar-refractivity contribution in [2.24, 2.45) is 5.92 Å². The highest BCUT2D eigenvalue weighted by molar-refractivity contribution is 5.88. The predicted octanol–water partition coefficient (Wildman–Crippen LogP) is 2.57. The van der Waals surface area contributed by atoms with E-state index in [9.17, 15) is 4.79 Å². The minimum absolute atomic E-state index is 0.0908. The average molecular weight is 294 g/mol. The van der Waals surface area contributed by atoms with Crippen molar-refractivity contribution in [2.75, 3.05) is 25.5 Å². The molecule has 6 nitrogen and oxygen atoms in total. The maximum atomic E-state index is 12.1. The average Bonchev–Trinajstić information content (AvgIpc) is 3.11. The summed E-state index contributed by atoms with van der Waals surface area (Å²) in [6.07, 6.45) is 7.06. The van der Waals surface area contributed by atoms with Crippen LogP contribution in [-0.4, -0.2) is 47.0 Å². The second kappa shape index (κ2) is 7.45. The number of carbonyl (C=O) groups is 1. The number of hydrogen-bond donors (Lipinski definition) is 1. The van der Waals surface area contributed by atoms with Crippen LogP contribution in [0.5, 0.6) is 0 Å². The van der Waals surface area contributed by atoms with E-state index in [2.05, 4.69) is 24.3 Å². The van der Waals surface area contributed by atoms with Crippen molar-refractivity contribution in [3.63, 3.8) is 0 Å². The van der Waals surface area contributed by atoms with Crippen molar-refractivity contribution in [1.29, 1.82) is 0 Å². The van der Waals surface area contributed by atoms with Gasteiger partial charge in [-0.2, -0.15) is 5.10 Å². The van der Waals surface area contributed by atoms with Crippen molar-refractivity contribution in [3.8, 4) is 0 Å². The Bertz CT molecular complexity index is 454. The van der Waals surface area contributed by atoms with Crippen LogP contribution in [-0.2, 0) is 11.3 Å². The van der Waals surface area contributed by atoms with E-state index in [1.165, 1.54) is 0 Å². The third kappa shape index (κ3) is 4.74. The molecule has 0 aromatic carbocycles. The number of nitrogens with one attached hydrogen (secondary N) is 1. The lowest BCUT2D eigenvalue weighted by Gasteiger charge is -2.20. The molecule has 6 heteroatoms. The Morgan fingerprint density at radius 2 is 2.48 bits per heavy atom. The molecule has 0 aliphatic carbocycles. The number of anilines is 1. The van der Waals surface area contributed by atoms with Crippen molar-refractivity contribution >= 4 is 11.7 Å². The van der Waals surface area contributed by atoms with E-state index in [-0.39, 0.29) is 12.1 Å². The minimum Gasteiger partial charge on any atom is -0.376 e. The third-order valence-corrected chi connectivity index (χ3v) is 3.93. The highest BCUT2D eigenvalue weighted by Crippen LogP contribution is 2.15. The molecule has 2 rings (SSSR count). The molecule has 1 fully saturated rings. The summed E-state index contributed by atoms with van der Waals surface area (Å²) in [5.41, 5.74) is 0.731. The molecule has 2 heterocycles. The fourth-order valence-electron chi connectivity index (χ4n) is 2.42. The highest BCUT2D eigenvalue weighted by atomic mass is 16.5. The summed E-state index contributed by atoms with van der Waals surface area (Å²) in [5, 5.41) is 7.15. The van der Waals surface area contributed by atoms with Gasteiger partial charge in [-0.15, -0.1) is 0 Å². The van der Waals surface area contributed by atoms with E-state index < -0.39 is 0 Å². The van der Waals surface area contributed by atoms with Crippen molar-refractivity contribution in [3.05, 3.63) is 12.4 Å². The zero-order valence-corrected chi connectivity index (χ0v) is 13.2. The lowest BCUT2D eigenvalue weighted by molar-refractivity contribution is 0.0940. The minimum atomic E-state index is -0.0908. The zero-order chi connectivity index (χ0) is 15.2. The first kappa shape index (κ1) is 15.8. The molecule has 1 aromatic heterocycles. The number of nitrogens with zero attached hydrogens (tertiary/aromatic N) is 3. The Balaban J connectivity index is 1.82. The first-order valence-corrected chi connectivity index (χ1v) is 7.74. The largest absolute Gasteiger partial charge is 0.376 e. The summed E-state index contributed by atoms with van der Waals surface area (Å²) in [6, 6.07) is -0.0908. The van der Waals surface area contributed by atoms with Crippen LogP contribution < -0.4 is 5.32 Å². The van der Waals surface area contributed by atoms with Gasteiger partial charge in [0.15, 0.2) is 0 Å². The van der Waals surface area contributed by atoms with Gasteiger partial charge in [0.05, 0.1) is 24.5 Å². The lowest BCUT2D eigenvalue weighted by atomic mass is 10.1. The molecule has 2 amide bonds. The van der Waals surface area contributed by atoms with Crippen LogP contribution in [0.15, 0.2) is 12.4 Å². The molecule has 1 saturated heterocycles. The summed E-state index contributed by atoms with van der Waals surface area (Å²) in [4.78, 5) is 13.8. The van der Waals surface area contributed by atoms with Gasteiger partial charge < -0.3 is 15.0 Å². The number of hydrogen-bond acceptors (Lipinski definition) is 3. The molecule has 1 aliphatic rings. The molecular weight excluding hydrogens is 268 g/mol. The number of carbonyl (C=O) groups excluding carboxylic acids is 1. The van der Waals surface area contributed by atoms with Gasteiger partial charge in [-0.05, 0) is 18.8 Å². The quantitative estimate of drug-likeness (QED) is 0.877. The van der Waals surface area contributed by atoms with E-state index in [0.29, 0.717) is 5.92 Å². The van der Waals surface area contributed by atoms with Crippen LogP contribution in [0, 0.1) is 5.92 Å². The molecule has 0 saturated carbocycles. The summed E-state index contributed by atoms with van der Waals surface area (Å²) in [7, 11) is 1.82. The number of aromatic nitrogens is 2. The molecule has 2 unspecified atom stereocenters. The maximum Gasteiger partial charge on any atom is 0.321 e. The monoisotopic (exact) mass is 294 g/mol. The Labute approximate surface area is 126 Å². The van der Waals surface area contributed by atoms with Gasteiger partial charge in [-0.3, -0.25) is 4.68 Å². The fourth-order valence-corrected chi connectivity index (χ4v) is 2.42. The molecule has 1 aromatic rings. The van der Waals surface area contributed by atoms with Crippen LogP contribution in [0.1, 0.15) is 33.1 Å². The Hall–Kier alpha value is -1.56. The summed E-state index contributed by atoms with van der Waals surface area (Å²) >= 11 is 0. The van der Waals surface area contributed by atoms with Gasteiger partial charge in [-0.25, -0.2) is 4.79 Å². The first-order chi connectivity index (χ1) is 10.1. The molecule has 0 bridgehead atoms. The van der Waals surface area contributed by atoms with Gasteiger partial charge in [0.25, 0.3) is 0 Å². The van der Waals surface area contributed by atoms with E-state index >= 15 is 0 Å². The standard InChI is InChI=1S/C15H26N4O2/c1-4-12(2)9-18(3)15(20)17-13-8-16-19(10-13)11-14-6-5-7-21-14/h8,10,12,14H,4-7,9,11H2,1-3H3,(H,17,20). The van der Waals surface area contributed by atoms with Crippen molar-refractivity contribution < 1.29 is 9.53 Å². The fraction of sp³-hybridized carbons (Fsp3) is 0.733. The second-order valence-electron chi connectivity index (χ2n) is 5.91. The maximum absolute atomic E-state index is 12.1. The van der Waals surface area contributed by atoms with E-state index in [1.807, 2.05) is 17.9 Å². The van der Waals surface area contributed by atoms with Gasteiger partial charge in [0, 0.05) is 26.4 Å². The molecule has 118 valence electrons. The van der Waals surface area contributed by atoms with Gasteiger partial charge in [-0.1, -0.05) is 20.3 Å². The molecular formula is C15H26N4O2. The summed E-state index contributed by atoms with van der Waals surface area (Å²) in [5.74, 6) is 0.503. The van der Waals surface area contributed by atoms with Gasteiger partial charge >= 0.3 is 6.03 Å². The summed E-state index contributed by atoms with van der Waals surface area (Å²) < 4.78 is 7.42. The van der Waals surface area contributed by atoms with Crippen molar-refractivity contribution in [2.45, 2.75) is 45.8 Å². The topological polar surface area (TPSA) is 59.4 Å². The number of urea groups is 1. The Kier molecular flexibility index (Phi) is 5.61. The van der Waals surface area contributed by atoms with Crippen LogP contribution in [0.3, 0.4) is 0 Å². The Morgan fingerprint density at radius 3 is 3.14 bits per heavy atom. The molecule has 21 heavy (non-hydrogen) atoms. The highest BCUT2D eigenvalue weighted by Gasteiger charge is 2.17. The van der Waals surface area contributed by atoms with Crippen LogP contribution in [0.2, 0.25) is 0 Å². The van der Waals surface area contributed by atoms with Crippen molar-refractivity contribution in [1.82, 2.24) is 14.7 Å². The molecule has 2 atom stereocenters. The van der Waals surface area contributed by atoms with Gasteiger partial charge in [0.1, 0.15) is 0 Å². The predicted molar refractivity (Wildman–Crippen MR) is 82.3 cm³/mol. The summed E-state index contributed by atoms with van der Waals surface area (Å²) in [6.45, 7) is 6.62. The SMILES string of the molecule is CCC(C)CN(C)C(=O)Nc1cnn(CC2CCCO2)c1. The Morgan fingerprint density at radius 1 is 1.67 bits per heavy atom. The molecule has 1 N–H and O–H groups in total. The van der Waals surface area contributed by atoms with Gasteiger partial charge in [0.2, 0.25) is 0 Å². The molecule has 0 spiro atoms. The number of rotatable bonds is 6. The van der Waals surface area contributed by atoms with E-state index in [1.54, 1.807) is 11.1 Å². The zero-order valence-electron chi connectivity index (χ0n) is 13.2. The van der Waals surface area contributed by atoms with E-state index in [0.717, 1.165) is 44.6 Å². The number of ether oxygens (including phenoxy) is 1. The third-order valence-electron chi connectivity index (χ3n) is 3.93. The lowest BCUT2D eigenvalue weighted by Crippen LogP contribution is -2.34. The second-order valence-corrected chi connectivity index (χ2v) is 5.91. The first-order valence-electron chi connectivity index (χ1n) is 7.74. The van der Waals surface area contributed by atoms with Crippen LogP contribution in [0.4, 0.5) is 10.5 Å². The molecule has 1 aliphatic heterocycles. The molecule has 0 radical (unpaired) electrons. The van der Waals surface area contributed by atoms with E-state index in [4.69, 9.17) is 4.74 Å². The number of amides is 2. The smallest absolute Gasteiger partial charge is 0.321 e. The van der Waals surface area contributed by atoms with Crippen LogP contribution >= 0.6 is 0 Å². The normalized spacial score (nSPS) is 19.5. The van der Waals surface area contributed by atoms with Crippen LogP contribution in [0.25, 0.3) is 0 Å².